The maximum atomic E-state index is 12.0. The summed E-state index contributed by atoms with van der Waals surface area (Å²) in [5.41, 5.74) is 2.17. The highest BCUT2D eigenvalue weighted by Crippen LogP contribution is 2.28. The van der Waals surface area contributed by atoms with Crippen molar-refractivity contribution in [1.82, 2.24) is 10.2 Å². The number of aliphatic hydroxyl groups is 1. The zero-order chi connectivity index (χ0) is 20.5. The summed E-state index contributed by atoms with van der Waals surface area (Å²) in [6.07, 6.45) is 3.78. The summed E-state index contributed by atoms with van der Waals surface area (Å²) in [5.74, 6) is 0.614. The van der Waals surface area contributed by atoms with Crippen LogP contribution in [-0.2, 0) is 6.42 Å². The van der Waals surface area contributed by atoms with Crippen LogP contribution in [0.25, 0.3) is 0 Å². The van der Waals surface area contributed by atoms with E-state index >= 15 is 0 Å². The molecule has 0 saturated carbocycles. The van der Waals surface area contributed by atoms with E-state index in [0.717, 1.165) is 44.5 Å². The molecule has 0 radical (unpaired) electrons. The number of benzene rings is 2. The van der Waals surface area contributed by atoms with E-state index in [1.807, 2.05) is 37.3 Å². The van der Waals surface area contributed by atoms with Crippen LogP contribution < -0.4 is 10.6 Å². The lowest BCUT2D eigenvalue weighted by atomic mass is 9.84. The molecule has 1 aliphatic rings. The molecule has 1 saturated heterocycles. The molecule has 29 heavy (non-hydrogen) atoms. The number of hydrogen-bond acceptors (Lipinski definition) is 3. The summed E-state index contributed by atoms with van der Waals surface area (Å²) in [6, 6.07) is 20.1. The third-order valence-corrected chi connectivity index (χ3v) is 5.73. The number of amides is 2. The van der Waals surface area contributed by atoms with Gasteiger partial charge in [0.15, 0.2) is 0 Å². The summed E-state index contributed by atoms with van der Waals surface area (Å²) in [5, 5.41) is 16.1. The Hall–Kier alpha value is -2.37. The number of likely N-dealkylation sites (tertiary alicyclic amines) is 1. The van der Waals surface area contributed by atoms with Gasteiger partial charge in [0.2, 0.25) is 0 Å². The second kappa shape index (κ2) is 11.0. The van der Waals surface area contributed by atoms with Crippen LogP contribution in [0.1, 0.15) is 31.7 Å². The normalized spacial score (nSPS) is 20.8. The summed E-state index contributed by atoms with van der Waals surface area (Å²) in [6.45, 7) is 4.41. The SMILES string of the molecule is C[C@H](O)[C@H]1C[C@@H](Cc2ccccc2)CCN1CCCNC(=O)Nc1ccccc1. The maximum absolute atomic E-state index is 12.0. The molecule has 2 aromatic rings. The fourth-order valence-corrected chi connectivity index (χ4v) is 4.22. The van der Waals surface area contributed by atoms with Gasteiger partial charge in [0, 0.05) is 24.8 Å². The number of rotatable bonds is 8. The van der Waals surface area contributed by atoms with Crippen LogP contribution in [0.4, 0.5) is 10.5 Å². The van der Waals surface area contributed by atoms with Gasteiger partial charge in [0.25, 0.3) is 0 Å². The van der Waals surface area contributed by atoms with Crippen molar-refractivity contribution in [3.63, 3.8) is 0 Å². The lowest BCUT2D eigenvalue weighted by Gasteiger charge is -2.41. The molecule has 1 fully saturated rings. The molecular formula is C24H33N3O2. The van der Waals surface area contributed by atoms with Gasteiger partial charge in [-0.2, -0.15) is 0 Å². The van der Waals surface area contributed by atoms with Gasteiger partial charge in [-0.25, -0.2) is 4.79 Å². The molecule has 0 spiro atoms. The minimum absolute atomic E-state index is 0.176. The lowest BCUT2D eigenvalue weighted by molar-refractivity contribution is 0.0177. The van der Waals surface area contributed by atoms with Crippen molar-refractivity contribution in [1.29, 1.82) is 0 Å². The predicted molar refractivity (Wildman–Crippen MR) is 118 cm³/mol. The second-order valence-electron chi connectivity index (χ2n) is 8.02. The van der Waals surface area contributed by atoms with E-state index in [4.69, 9.17) is 0 Å². The van der Waals surface area contributed by atoms with Crippen molar-refractivity contribution < 1.29 is 9.90 Å². The number of piperidine rings is 1. The highest BCUT2D eigenvalue weighted by molar-refractivity contribution is 5.89. The summed E-state index contributed by atoms with van der Waals surface area (Å²) >= 11 is 0. The van der Waals surface area contributed by atoms with Crippen LogP contribution in [-0.4, -0.2) is 47.8 Å². The lowest BCUT2D eigenvalue weighted by Crippen LogP contribution is -2.49. The minimum atomic E-state index is -0.345. The van der Waals surface area contributed by atoms with Gasteiger partial charge in [0.05, 0.1) is 6.10 Å². The first-order chi connectivity index (χ1) is 14.1. The number of para-hydroxylation sites is 1. The Kier molecular flexibility index (Phi) is 8.08. The predicted octanol–water partition coefficient (Wildman–Crippen LogP) is 3.90. The van der Waals surface area contributed by atoms with Gasteiger partial charge in [-0.05, 0) is 62.8 Å². The quantitative estimate of drug-likeness (QED) is 0.594. The molecule has 5 heteroatoms. The molecule has 5 nitrogen and oxygen atoms in total. The topological polar surface area (TPSA) is 64.6 Å². The van der Waals surface area contributed by atoms with Crippen LogP contribution >= 0.6 is 0 Å². The van der Waals surface area contributed by atoms with Crippen LogP contribution in [0, 0.1) is 5.92 Å². The van der Waals surface area contributed by atoms with Crippen LogP contribution in [0.2, 0.25) is 0 Å². The highest BCUT2D eigenvalue weighted by atomic mass is 16.3. The number of carbonyl (C=O) groups excluding carboxylic acids is 1. The summed E-state index contributed by atoms with van der Waals surface area (Å²) in [7, 11) is 0. The molecule has 2 amide bonds. The molecule has 156 valence electrons. The van der Waals surface area contributed by atoms with E-state index in [1.54, 1.807) is 0 Å². The number of aliphatic hydroxyl groups excluding tert-OH is 1. The van der Waals surface area contributed by atoms with Crippen LogP contribution in [0.3, 0.4) is 0 Å². The Balaban J connectivity index is 1.40. The first-order valence-corrected chi connectivity index (χ1v) is 10.7. The molecule has 3 atom stereocenters. The Labute approximate surface area is 174 Å². The molecule has 2 aromatic carbocycles. The Bertz CT molecular complexity index is 736. The van der Waals surface area contributed by atoms with Crippen molar-refractivity contribution in [2.45, 2.75) is 44.8 Å². The van der Waals surface area contributed by atoms with Crippen molar-refractivity contribution in [2.24, 2.45) is 5.92 Å². The standard InChI is InChI=1S/C24H33N3O2/c1-19(28)23-18-21(17-20-9-4-2-5-10-20)13-16-27(23)15-8-14-25-24(29)26-22-11-6-3-7-12-22/h2-7,9-12,19,21,23,28H,8,13-18H2,1H3,(H2,25,26,29)/t19-,21+,23+/m0/s1. The van der Waals surface area contributed by atoms with E-state index in [9.17, 15) is 9.90 Å². The van der Waals surface area contributed by atoms with Gasteiger partial charge in [-0.15, -0.1) is 0 Å². The Morgan fingerprint density at radius 2 is 1.83 bits per heavy atom. The number of nitrogens with zero attached hydrogens (tertiary/aromatic N) is 1. The van der Waals surface area contributed by atoms with E-state index in [1.165, 1.54) is 5.56 Å². The fourth-order valence-electron chi connectivity index (χ4n) is 4.22. The molecule has 0 aromatic heterocycles. The van der Waals surface area contributed by atoms with E-state index in [0.29, 0.717) is 12.5 Å². The third-order valence-electron chi connectivity index (χ3n) is 5.73. The van der Waals surface area contributed by atoms with E-state index in [-0.39, 0.29) is 18.2 Å². The fraction of sp³-hybridized carbons (Fsp3) is 0.458. The highest BCUT2D eigenvalue weighted by Gasteiger charge is 2.31. The van der Waals surface area contributed by atoms with E-state index < -0.39 is 0 Å². The molecular weight excluding hydrogens is 362 g/mol. The van der Waals surface area contributed by atoms with Crippen molar-refractivity contribution in [3.8, 4) is 0 Å². The molecule has 1 aliphatic heterocycles. The third kappa shape index (κ3) is 6.87. The smallest absolute Gasteiger partial charge is 0.319 e. The molecule has 0 aliphatic carbocycles. The average Bonchev–Trinajstić information content (AvgIpc) is 2.73. The van der Waals surface area contributed by atoms with Crippen molar-refractivity contribution in [2.75, 3.05) is 25.0 Å². The summed E-state index contributed by atoms with van der Waals surface area (Å²) in [4.78, 5) is 14.4. The van der Waals surface area contributed by atoms with Crippen molar-refractivity contribution >= 4 is 11.7 Å². The Morgan fingerprint density at radius 1 is 1.14 bits per heavy atom. The number of anilines is 1. The number of nitrogens with one attached hydrogen (secondary N) is 2. The molecule has 3 rings (SSSR count). The average molecular weight is 396 g/mol. The summed E-state index contributed by atoms with van der Waals surface area (Å²) < 4.78 is 0. The number of urea groups is 1. The molecule has 0 bridgehead atoms. The van der Waals surface area contributed by atoms with Gasteiger partial charge < -0.3 is 15.7 Å². The van der Waals surface area contributed by atoms with Gasteiger partial charge in [0.1, 0.15) is 0 Å². The molecule has 3 N–H and O–H groups in total. The number of carbonyl (C=O) groups is 1. The zero-order valence-electron chi connectivity index (χ0n) is 17.3. The van der Waals surface area contributed by atoms with Crippen molar-refractivity contribution in [3.05, 3.63) is 66.2 Å². The van der Waals surface area contributed by atoms with E-state index in [2.05, 4.69) is 45.9 Å². The van der Waals surface area contributed by atoms with Crippen LogP contribution in [0.15, 0.2) is 60.7 Å². The second-order valence-corrected chi connectivity index (χ2v) is 8.02. The van der Waals surface area contributed by atoms with Gasteiger partial charge in [-0.1, -0.05) is 48.5 Å². The first kappa shape index (κ1) is 21.3. The van der Waals surface area contributed by atoms with Gasteiger partial charge >= 0.3 is 6.03 Å². The maximum Gasteiger partial charge on any atom is 0.319 e. The molecule has 0 unspecified atom stereocenters. The first-order valence-electron chi connectivity index (χ1n) is 10.7. The largest absolute Gasteiger partial charge is 0.392 e. The van der Waals surface area contributed by atoms with Crippen LogP contribution in [0.5, 0.6) is 0 Å². The molecule has 1 heterocycles. The Morgan fingerprint density at radius 3 is 2.52 bits per heavy atom. The monoisotopic (exact) mass is 395 g/mol. The minimum Gasteiger partial charge on any atom is -0.392 e. The zero-order valence-corrected chi connectivity index (χ0v) is 17.3. The van der Waals surface area contributed by atoms with Gasteiger partial charge in [-0.3, -0.25) is 4.90 Å². The number of hydrogen-bond donors (Lipinski definition) is 3.